The van der Waals surface area contributed by atoms with E-state index < -0.39 is 23.6 Å². The lowest BCUT2D eigenvalue weighted by atomic mass is 9.87. The highest BCUT2D eigenvalue weighted by Gasteiger charge is 2.51. The molecule has 1 aliphatic heterocycles. The number of rotatable bonds is 8. The van der Waals surface area contributed by atoms with Crippen molar-refractivity contribution >= 4 is 23.5 Å². The number of carbonyl (C=O) groups excluding carboxylic acids is 2. The summed E-state index contributed by atoms with van der Waals surface area (Å²) < 4.78 is 10.7. The van der Waals surface area contributed by atoms with E-state index in [0.29, 0.717) is 28.5 Å². The summed E-state index contributed by atoms with van der Waals surface area (Å²) in [5.74, 6) is 0.788. The van der Waals surface area contributed by atoms with E-state index in [1.807, 2.05) is 6.92 Å². The van der Waals surface area contributed by atoms with Crippen molar-refractivity contribution in [3.05, 3.63) is 59.1 Å². The molecule has 2 N–H and O–H groups in total. The van der Waals surface area contributed by atoms with Crippen LogP contribution in [0.3, 0.4) is 0 Å². The van der Waals surface area contributed by atoms with Crippen molar-refractivity contribution in [2.75, 3.05) is 20.3 Å². The summed E-state index contributed by atoms with van der Waals surface area (Å²) in [7, 11) is 1.56. The van der Waals surface area contributed by atoms with Crippen LogP contribution in [0.2, 0.25) is 5.02 Å². The van der Waals surface area contributed by atoms with E-state index in [2.05, 4.69) is 5.32 Å². The molecule has 3 rings (SSSR count). The molecule has 3 amide bonds. The molecule has 0 aliphatic carbocycles. The third kappa shape index (κ3) is 4.31. The Bertz CT molecular complexity index is 872. The predicted molar refractivity (Wildman–Crippen MR) is 108 cm³/mol. The molecular weight excluding hydrogens is 396 g/mol. The van der Waals surface area contributed by atoms with Gasteiger partial charge < -0.3 is 19.9 Å². The van der Waals surface area contributed by atoms with Gasteiger partial charge in [-0.15, -0.1) is 0 Å². The topological polar surface area (TPSA) is 88.1 Å². The molecule has 0 saturated carbocycles. The summed E-state index contributed by atoms with van der Waals surface area (Å²) in [6.07, 6.45) is -0.665. The third-order valence-electron chi connectivity index (χ3n) is 4.94. The van der Waals surface area contributed by atoms with Gasteiger partial charge in [0.1, 0.15) is 29.7 Å². The van der Waals surface area contributed by atoms with Crippen molar-refractivity contribution in [2.45, 2.75) is 25.0 Å². The summed E-state index contributed by atoms with van der Waals surface area (Å²) in [4.78, 5) is 26.7. The lowest BCUT2D eigenvalue weighted by Gasteiger charge is -2.26. The van der Waals surface area contributed by atoms with Crippen LogP contribution >= 0.6 is 11.6 Å². The summed E-state index contributed by atoms with van der Waals surface area (Å²) in [5.41, 5.74) is -0.506. The highest BCUT2D eigenvalue weighted by molar-refractivity contribution is 6.30. The first-order chi connectivity index (χ1) is 13.9. The maximum atomic E-state index is 13.1. The van der Waals surface area contributed by atoms with Gasteiger partial charge in [0.15, 0.2) is 0 Å². The van der Waals surface area contributed by atoms with Crippen molar-refractivity contribution < 1.29 is 24.2 Å². The zero-order chi connectivity index (χ0) is 21.0. The molecule has 0 unspecified atom stereocenters. The van der Waals surface area contributed by atoms with Crippen molar-refractivity contribution in [1.82, 2.24) is 10.2 Å². The number of hydrogen-bond acceptors (Lipinski definition) is 5. The maximum absolute atomic E-state index is 13.1. The number of urea groups is 1. The lowest BCUT2D eigenvalue weighted by Crippen LogP contribution is -2.44. The first-order valence-electron chi connectivity index (χ1n) is 9.24. The molecule has 8 heteroatoms. The number of aliphatic hydroxyl groups excluding tert-OH is 1. The first-order valence-corrected chi connectivity index (χ1v) is 9.62. The van der Waals surface area contributed by atoms with Gasteiger partial charge in [0, 0.05) is 5.02 Å². The number of aliphatic hydroxyl groups is 1. The molecular formula is C21H23ClN2O5. The average Bonchev–Trinajstić information content (AvgIpc) is 2.98. The van der Waals surface area contributed by atoms with E-state index in [0.717, 1.165) is 4.90 Å². The van der Waals surface area contributed by atoms with E-state index in [9.17, 15) is 14.7 Å². The number of nitrogens with zero attached hydrogens (tertiary/aromatic N) is 1. The molecule has 29 heavy (non-hydrogen) atoms. The number of halogens is 1. The number of nitrogens with one attached hydrogen (secondary N) is 1. The quantitative estimate of drug-likeness (QED) is 0.643. The van der Waals surface area contributed by atoms with Gasteiger partial charge in [-0.05, 0) is 48.4 Å². The number of methoxy groups -OCH3 is 1. The van der Waals surface area contributed by atoms with Crippen LogP contribution in [-0.4, -0.2) is 48.3 Å². The van der Waals surface area contributed by atoms with Gasteiger partial charge in [-0.2, -0.15) is 0 Å². The van der Waals surface area contributed by atoms with E-state index >= 15 is 0 Å². The van der Waals surface area contributed by atoms with Gasteiger partial charge >= 0.3 is 6.03 Å². The van der Waals surface area contributed by atoms with Gasteiger partial charge in [-0.25, -0.2) is 4.79 Å². The SMILES string of the molecule is CC[C@]1(c2ccc(OC)cc2)NC(=O)N(C[C@@H](O)COc2ccc(Cl)cc2)C1=O. The van der Waals surface area contributed by atoms with E-state index in [4.69, 9.17) is 21.1 Å². The van der Waals surface area contributed by atoms with E-state index in [1.54, 1.807) is 55.6 Å². The molecule has 0 aromatic heterocycles. The predicted octanol–water partition coefficient (Wildman–Crippen LogP) is 2.95. The molecule has 1 saturated heterocycles. The van der Waals surface area contributed by atoms with Crippen LogP contribution in [0.4, 0.5) is 4.79 Å². The Morgan fingerprint density at radius 2 is 1.72 bits per heavy atom. The highest BCUT2D eigenvalue weighted by Crippen LogP contribution is 2.33. The molecule has 1 fully saturated rings. The van der Waals surface area contributed by atoms with Gasteiger partial charge in [-0.3, -0.25) is 9.69 Å². The van der Waals surface area contributed by atoms with Crippen LogP contribution in [0.1, 0.15) is 18.9 Å². The molecule has 2 aromatic carbocycles. The largest absolute Gasteiger partial charge is 0.497 e. The molecule has 0 bridgehead atoms. The average molecular weight is 419 g/mol. The van der Waals surface area contributed by atoms with Crippen LogP contribution in [0.25, 0.3) is 0 Å². The minimum Gasteiger partial charge on any atom is -0.497 e. The van der Waals surface area contributed by atoms with Crippen LogP contribution in [0.15, 0.2) is 48.5 Å². The van der Waals surface area contributed by atoms with E-state index in [1.165, 1.54) is 0 Å². The second-order valence-corrected chi connectivity index (χ2v) is 7.19. The number of amides is 3. The number of ether oxygens (including phenoxy) is 2. The normalized spacial score (nSPS) is 19.8. The third-order valence-corrected chi connectivity index (χ3v) is 5.19. The van der Waals surface area contributed by atoms with Crippen LogP contribution in [0, 0.1) is 0 Å². The zero-order valence-electron chi connectivity index (χ0n) is 16.2. The minimum absolute atomic E-state index is 0.0691. The van der Waals surface area contributed by atoms with Crippen molar-refractivity contribution in [3.8, 4) is 11.5 Å². The molecule has 1 aliphatic rings. The van der Waals surface area contributed by atoms with Crippen LogP contribution in [0.5, 0.6) is 11.5 Å². The van der Waals surface area contributed by atoms with Gasteiger partial charge in [0.2, 0.25) is 0 Å². The van der Waals surface area contributed by atoms with Crippen molar-refractivity contribution in [2.24, 2.45) is 0 Å². The summed E-state index contributed by atoms with van der Waals surface area (Å²) in [6.45, 7) is 1.59. The Kier molecular flexibility index (Phi) is 6.30. The molecule has 2 atom stereocenters. The van der Waals surface area contributed by atoms with Crippen molar-refractivity contribution in [3.63, 3.8) is 0 Å². The Labute approximate surface area is 174 Å². The second kappa shape index (κ2) is 8.71. The number of carbonyl (C=O) groups is 2. The molecule has 7 nitrogen and oxygen atoms in total. The fraction of sp³-hybridized carbons (Fsp3) is 0.333. The maximum Gasteiger partial charge on any atom is 0.325 e. The summed E-state index contributed by atoms with van der Waals surface area (Å²) in [6, 6.07) is 13.1. The van der Waals surface area contributed by atoms with Gasteiger partial charge in [0.05, 0.1) is 13.7 Å². The minimum atomic E-state index is -1.17. The molecule has 1 heterocycles. The van der Waals surface area contributed by atoms with Crippen molar-refractivity contribution in [1.29, 1.82) is 0 Å². The smallest absolute Gasteiger partial charge is 0.325 e. The van der Waals surface area contributed by atoms with Gasteiger partial charge in [0.25, 0.3) is 5.91 Å². The Balaban J connectivity index is 1.68. The Hall–Kier alpha value is -2.77. The Morgan fingerprint density at radius 1 is 1.10 bits per heavy atom. The number of imide groups is 1. The Morgan fingerprint density at radius 3 is 2.31 bits per heavy atom. The van der Waals surface area contributed by atoms with Crippen LogP contribution in [-0.2, 0) is 10.3 Å². The zero-order valence-corrected chi connectivity index (χ0v) is 17.0. The second-order valence-electron chi connectivity index (χ2n) is 6.75. The summed E-state index contributed by atoms with van der Waals surface area (Å²) >= 11 is 5.83. The standard InChI is InChI=1S/C21H23ClN2O5/c1-3-21(14-4-8-17(28-2)9-5-14)19(26)24(20(27)23-21)12-16(25)13-29-18-10-6-15(22)7-11-18/h4-11,16,25H,3,12-13H2,1-2H3,(H,23,27)/t16-,21-/m1/s1. The number of β-amino-alcohol motifs (C(OH)–C–C–N with tert-alkyl or cyclic N) is 1. The summed E-state index contributed by atoms with van der Waals surface area (Å²) in [5, 5.41) is 13.7. The van der Waals surface area contributed by atoms with Crippen LogP contribution < -0.4 is 14.8 Å². The highest BCUT2D eigenvalue weighted by atomic mass is 35.5. The molecule has 154 valence electrons. The molecule has 0 spiro atoms. The number of hydrogen-bond donors (Lipinski definition) is 2. The molecule has 2 aromatic rings. The van der Waals surface area contributed by atoms with E-state index in [-0.39, 0.29) is 13.2 Å². The fourth-order valence-electron chi connectivity index (χ4n) is 3.29. The lowest BCUT2D eigenvalue weighted by molar-refractivity contribution is -0.132. The first kappa shape index (κ1) is 21.0. The number of benzene rings is 2. The van der Waals surface area contributed by atoms with Gasteiger partial charge in [-0.1, -0.05) is 30.7 Å². The molecule has 0 radical (unpaired) electrons. The monoisotopic (exact) mass is 418 g/mol. The fourth-order valence-corrected chi connectivity index (χ4v) is 3.42.